The molecule has 91 valence electrons. The maximum atomic E-state index is 5.56. The summed E-state index contributed by atoms with van der Waals surface area (Å²) in [6.07, 6.45) is 2.71. The van der Waals surface area contributed by atoms with E-state index in [0.29, 0.717) is 0 Å². The molecule has 1 aliphatic carbocycles. The summed E-state index contributed by atoms with van der Waals surface area (Å²) in [5.41, 5.74) is 7.53. The number of fused-ring (bicyclic) bond motifs is 3. The van der Waals surface area contributed by atoms with Crippen LogP contribution in [0.2, 0.25) is 0 Å². The molecule has 0 unspecified atom stereocenters. The van der Waals surface area contributed by atoms with Gasteiger partial charge in [-0.3, -0.25) is 0 Å². The zero-order valence-electron chi connectivity index (χ0n) is 10.7. The van der Waals surface area contributed by atoms with E-state index in [9.17, 15) is 0 Å². The van der Waals surface area contributed by atoms with Gasteiger partial charge in [0, 0.05) is 5.56 Å². The van der Waals surface area contributed by atoms with Gasteiger partial charge in [0.2, 0.25) is 0 Å². The summed E-state index contributed by atoms with van der Waals surface area (Å²) in [7, 11) is 0. The number of furan rings is 1. The van der Waals surface area contributed by atoms with E-state index >= 15 is 0 Å². The van der Waals surface area contributed by atoms with Crippen molar-refractivity contribution in [2.24, 2.45) is 0 Å². The van der Waals surface area contributed by atoms with Crippen LogP contribution in [0.1, 0.15) is 16.7 Å². The highest BCUT2D eigenvalue weighted by Gasteiger charge is 2.19. The number of rotatable bonds is 1. The normalized spacial score (nSPS) is 12.3. The van der Waals surface area contributed by atoms with Gasteiger partial charge in [0.15, 0.2) is 0 Å². The Morgan fingerprint density at radius 2 is 1.89 bits per heavy atom. The monoisotopic (exact) mass is 245 g/mol. The van der Waals surface area contributed by atoms with E-state index in [4.69, 9.17) is 4.42 Å². The van der Waals surface area contributed by atoms with Gasteiger partial charge >= 0.3 is 0 Å². The van der Waals surface area contributed by atoms with Crippen LogP contribution in [-0.2, 0) is 6.42 Å². The van der Waals surface area contributed by atoms with Gasteiger partial charge in [0.25, 0.3) is 0 Å². The minimum atomic E-state index is 0.929. The van der Waals surface area contributed by atoms with Crippen LogP contribution in [-0.4, -0.2) is 0 Å². The molecule has 0 aliphatic heterocycles. The van der Waals surface area contributed by atoms with E-state index < -0.39 is 0 Å². The van der Waals surface area contributed by atoms with Gasteiger partial charge in [-0.15, -0.1) is 0 Å². The quantitative estimate of drug-likeness (QED) is 0.476. The van der Waals surface area contributed by atoms with Crippen molar-refractivity contribution >= 4 is 0 Å². The molecule has 0 saturated carbocycles. The molecule has 0 fully saturated rings. The molecule has 0 N–H and O–H groups in total. The smallest absolute Gasteiger partial charge is 0.137 e. The molecule has 1 aliphatic rings. The molecule has 0 saturated heterocycles. The lowest BCUT2D eigenvalue weighted by molar-refractivity contribution is 0.580. The summed E-state index contributed by atoms with van der Waals surface area (Å²) < 4.78 is 5.56. The van der Waals surface area contributed by atoms with Gasteiger partial charge in [-0.25, -0.2) is 0 Å². The van der Waals surface area contributed by atoms with Crippen molar-refractivity contribution in [3.05, 3.63) is 71.5 Å². The average molecular weight is 245 g/mol. The molecule has 3 aromatic rings. The molecule has 0 atom stereocenters. The van der Waals surface area contributed by atoms with E-state index in [1.54, 1.807) is 6.26 Å². The Bertz CT molecular complexity index is 765. The highest BCUT2D eigenvalue weighted by Crippen LogP contribution is 2.38. The Balaban J connectivity index is 1.86. The Labute approximate surface area is 112 Å². The van der Waals surface area contributed by atoms with Gasteiger partial charge in [-0.05, 0) is 59.4 Å². The van der Waals surface area contributed by atoms with E-state index in [1.807, 2.05) is 6.07 Å². The largest absolute Gasteiger partial charge is 0.464 e. The molecule has 1 nitrogen and oxygen atoms in total. The third kappa shape index (κ3) is 1.55. The molecule has 19 heavy (non-hydrogen) atoms. The number of hydrogen-bond acceptors (Lipinski definition) is 1. The van der Waals surface area contributed by atoms with Crippen molar-refractivity contribution in [3.63, 3.8) is 0 Å². The molecule has 1 aromatic heterocycles. The molecule has 1 heteroatoms. The zero-order chi connectivity index (χ0) is 12.8. The number of hydrogen-bond donors (Lipinski definition) is 0. The summed E-state index contributed by atoms with van der Waals surface area (Å²) in [5.74, 6) is 0.929. The third-order valence-corrected chi connectivity index (χ3v) is 3.81. The standard InChI is InChI=1S/C18H13O/c1-12-8-9-19-18(12)14-6-7-17-15(11-14)10-13-4-2-3-5-16(13)17/h2-9H,10H2,1H3. The Hall–Kier alpha value is -2.28. The van der Waals surface area contributed by atoms with Gasteiger partial charge in [-0.2, -0.15) is 0 Å². The van der Waals surface area contributed by atoms with Gasteiger partial charge in [0.05, 0.1) is 6.26 Å². The fourth-order valence-electron chi connectivity index (χ4n) is 2.84. The summed E-state index contributed by atoms with van der Waals surface area (Å²) in [6, 6.07) is 18.4. The Morgan fingerprint density at radius 3 is 2.74 bits per heavy atom. The van der Waals surface area contributed by atoms with Crippen LogP contribution in [0.25, 0.3) is 22.5 Å². The summed E-state index contributed by atoms with van der Waals surface area (Å²) in [5, 5.41) is 0. The van der Waals surface area contributed by atoms with Crippen LogP contribution in [0, 0.1) is 13.0 Å². The third-order valence-electron chi connectivity index (χ3n) is 3.81. The highest BCUT2D eigenvalue weighted by atomic mass is 16.3. The van der Waals surface area contributed by atoms with Crippen LogP contribution in [0.4, 0.5) is 0 Å². The van der Waals surface area contributed by atoms with E-state index in [1.165, 1.54) is 22.3 Å². The molecule has 1 radical (unpaired) electrons. The predicted molar refractivity (Wildman–Crippen MR) is 76.0 cm³/mol. The van der Waals surface area contributed by atoms with Crippen molar-refractivity contribution in [2.45, 2.75) is 13.3 Å². The fourth-order valence-corrected chi connectivity index (χ4v) is 2.84. The first-order chi connectivity index (χ1) is 9.33. The molecular weight excluding hydrogens is 232 g/mol. The van der Waals surface area contributed by atoms with Crippen LogP contribution in [0.15, 0.2) is 53.1 Å². The lowest BCUT2D eigenvalue weighted by atomic mass is 10.0. The van der Waals surface area contributed by atoms with Crippen molar-refractivity contribution < 1.29 is 4.42 Å². The van der Waals surface area contributed by atoms with Crippen molar-refractivity contribution in [1.82, 2.24) is 0 Å². The second kappa shape index (κ2) is 3.86. The predicted octanol–water partition coefficient (Wildman–Crippen LogP) is 4.63. The molecule has 2 aromatic carbocycles. The number of benzene rings is 2. The van der Waals surface area contributed by atoms with Gasteiger partial charge in [0.1, 0.15) is 5.76 Å². The van der Waals surface area contributed by atoms with Gasteiger partial charge in [-0.1, -0.05) is 30.3 Å². The highest BCUT2D eigenvalue weighted by molar-refractivity contribution is 5.79. The molecule has 1 heterocycles. The molecule has 0 amide bonds. The second-order valence-electron chi connectivity index (χ2n) is 5.03. The molecular formula is C18H13O. The lowest BCUT2D eigenvalue weighted by Crippen LogP contribution is -1.84. The first-order valence-corrected chi connectivity index (χ1v) is 6.51. The van der Waals surface area contributed by atoms with Gasteiger partial charge < -0.3 is 4.42 Å². The van der Waals surface area contributed by atoms with Crippen LogP contribution < -0.4 is 0 Å². The van der Waals surface area contributed by atoms with Crippen LogP contribution in [0.5, 0.6) is 0 Å². The summed E-state index contributed by atoms with van der Waals surface area (Å²) in [4.78, 5) is 0. The first-order valence-electron chi connectivity index (χ1n) is 6.51. The van der Waals surface area contributed by atoms with E-state index in [2.05, 4.69) is 49.4 Å². The minimum absolute atomic E-state index is 0.929. The Kier molecular flexibility index (Phi) is 2.16. The van der Waals surface area contributed by atoms with Crippen molar-refractivity contribution in [2.75, 3.05) is 0 Å². The summed E-state index contributed by atoms with van der Waals surface area (Å²) >= 11 is 0. The lowest BCUT2D eigenvalue weighted by Gasteiger charge is -2.03. The van der Waals surface area contributed by atoms with E-state index in [0.717, 1.165) is 23.3 Å². The van der Waals surface area contributed by atoms with E-state index in [-0.39, 0.29) is 0 Å². The molecule has 0 spiro atoms. The first kappa shape index (κ1) is 10.6. The SMILES string of the molecule is Cc1ccoc1-c1[c]c2c(cc1)-c1ccccc1C2. The Morgan fingerprint density at radius 1 is 1.00 bits per heavy atom. The zero-order valence-corrected chi connectivity index (χ0v) is 10.7. The van der Waals surface area contributed by atoms with Crippen molar-refractivity contribution in [1.29, 1.82) is 0 Å². The fraction of sp³-hybridized carbons (Fsp3) is 0.111. The average Bonchev–Trinajstić information content (AvgIpc) is 3.01. The summed E-state index contributed by atoms with van der Waals surface area (Å²) in [6.45, 7) is 2.06. The maximum absolute atomic E-state index is 5.56. The minimum Gasteiger partial charge on any atom is -0.464 e. The van der Waals surface area contributed by atoms with Crippen LogP contribution in [0.3, 0.4) is 0 Å². The molecule has 0 bridgehead atoms. The topological polar surface area (TPSA) is 13.1 Å². The van der Waals surface area contributed by atoms with Crippen LogP contribution >= 0.6 is 0 Å². The molecule has 4 rings (SSSR count). The number of aryl methyl sites for hydroxylation is 1. The van der Waals surface area contributed by atoms with Crippen molar-refractivity contribution in [3.8, 4) is 22.5 Å². The second-order valence-corrected chi connectivity index (χ2v) is 5.03. The maximum Gasteiger partial charge on any atom is 0.137 e.